The van der Waals surface area contributed by atoms with Gasteiger partial charge in [-0.1, -0.05) is 0 Å². The van der Waals surface area contributed by atoms with Crippen LogP contribution in [0.5, 0.6) is 0 Å². The van der Waals surface area contributed by atoms with Crippen LogP contribution in [0.15, 0.2) is 22.9 Å². The molecule has 1 fully saturated rings. The molecule has 3 heterocycles. The summed E-state index contributed by atoms with van der Waals surface area (Å²) in [5.41, 5.74) is 0.975. The van der Waals surface area contributed by atoms with Gasteiger partial charge in [-0.05, 0) is 34.8 Å². The van der Waals surface area contributed by atoms with E-state index in [1.165, 1.54) is 0 Å². The zero-order valence-corrected chi connectivity index (χ0v) is 10.9. The minimum Gasteiger partial charge on any atom is -0.381 e. The standard InChI is InChI=1S/C11H13BrN4O/c12-9-1-4-16-10(9)7-13-11(15-16)14-8-2-5-17-6-3-8/h1,4,7-8H,2-3,5-6H2,(H,14,15). The summed E-state index contributed by atoms with van der Waals surface area (Å²) < 4.78 is 8.15. The molecule has 3 rings (SSSR count). The number of nitrogens with zero attached hydrogens (tertiary/aromatic N) is 3. The molecule has 2 aromatic rings. The zero-order valence-electron chi connectivity index (χ0n) is 9.27. The lowest BCUT2D eigenvalue weighted by Gasteiger charge is -2.22. The predicted octanol–water partition coefficient (Wildman–Crippen LogP) is 2.08. The molecule has 0 aliphatic carbocycles. The van der Waals surface area contributed by atoms with Crippen molar-refractivity contribution >= 4 is 27.4 Å². The average molecular weight is 297 g/mol. The highest BCUT2D eigenvalue weighted by Crippen LogP contribution is 2.18. The first-order chi connectivity index (χ1) is 8.33. The number of hydrogen-bond acceptors (Lipinski definition) is 4. The lowest BCUT2D eigenvalue weighted by atomic mass is 10.1. The van der Waals surface area contributed by atoms with Gasteiger partial charge in [-0.3, -0.25) is 0 Å². The number of anilines is 1. The Morgan fingerprint density at radius 1 is 1.41 bits per heavy atom. The van der Waals surface area contributed by atoms with Crippen LogP contribution in [0.1, 0.15) is 12.8 Å². The molecule has 1 aliphatic heterocycles. The van der Waals surface area contributed by atoms with E-state index in [2.05, 4.69) is 31.3 Å². The van der Waals surface area contributed by atoms with Crippen molar-refractivity contribution in [1.29, 1.82) is 0 Å². The summed E-state index contributed by atoms with van der Waals surface area (Å²) in [4.78, 5) is 4.32. The number of halogens is 1. The third kappa shape index (κ3) is 2.28. The Balaban J connectivity index is 1.80. The predicted molar refractivity (Wildman–Crippen MR) is 68.2 cm³/mol. The number of nitrogens with one attached hydrogen (secondary N) is 1. The minimum atomic E-state index is 0.417. The van der Waals surface area contributed by atoms with Crippen molar-refractivity contribution in [2.75, 3.05) is 18.5 Å². The van der Waals surface area contributed by atoms with E-state index >= 15 is 0 Å². The Kier molecular flexibility index (Phi) is 2.98. The molecule has 17 heavy (non-hydrogen) atoms. The summed E-state index contributed by atoms with van der Waals surface area (Å²) in [5, 5.41) is 7.76. The van der Waals surface area contributed by atoms with Crippen molar-refractivity contribution in [1.82, 2.24) is 14.6 Å². The summed E-state index contributed by atoms with van der Waals surface area (Å²) >= 11 is 3.45. The maximum Gasteiger partial charge on any atom is 0.241 e. The fourth-order valence-electron chi connectivity index (χ4n) is 1.96. The van der Waals surface area contributed by atoms with Gasteiger partial charge in [-0.25, -0.2) is 9.50 Å². The highest BCUT2D eigenvalue weighted by molar-refractivity contribution is 9.10. The van der Waals surface area contributed by atoms with E-state index in [0.29, 0.717) is 12.0 Å². The van der Waals surface area contributed by atoms with Crippen molar-refractivity contribution < 1.29 is 4.74 Å². The van der Waals surface area contributed by atoms with E-state index in [-0.39, 0.29) is 0 Å². The molecule has 0 radical (unpaired) electrons. The second-order valence-electron chi connectivity index (χ2n) is 4.11. The van der Waals surface area contributed by atoms with Crippen LogP contribution in [0, 0.1) is 0 Å². The topological polar surface area (TPSA) is 51.5 Å². The highest BCUT2D eigenvalue weighted by atomic mass is 79.9. The van der Waals surface area contributed by atoms with E-state index in [4.69, 9.17) is 4.74 Å². The largest absolute Gasteiger partial charge is 0.381 e. The van der Waals surface area contributed by atoms with Crippen molar-refractivity contribution in [3.05, 3.63) is 22.9 Å². The van der Waals surface area contributed by atoms with Gasteiger partial charge in [0.15, 0.2) is 0 Å². The first kappa shape index (κ1) is 11.0. The molecule has 6 heteroatoms. The van der Waals surface area contributed by atoms with E-state index in [1.54, 1.807) is 0 Å². The lowest BCUT2D eigenvalue weighted by molar-refractivity contribution is 0.0903. The van der Waals surface area contributed by atoms with Crippen LogP contribution in [0.2, 0.25) is 0 Å². The van der Waals surface area contributed by atoms with Gasteiger partial charge in [0.25, 0.3) is 0 Å². The van der Waals surface area contributed by atoms with E-state index in [1.807, 2.05) is 23.0 Å². The van der Waals surface area contributed by atoms with Crippen LogP contribution < -0.4 is 5.32 Å². The zero-order chi connectivity index (χ0) is 11.7. The van der Waals surface area contributed by atoms with E-state index in [9.17, 15) is 0 Å². The normalized spacial score (nSPS) is 17.5. The summed E-state index contributed by atoms with van der Waals surface area (Å²) in [7, 11) is 0. The number of hydrogen-bond donors (Lipinski definition) is 1. The van der Waals surface area contributed by atoms with E-state index < -0.39 is 0 Å². The molecule has 5 nitrogen and oxygen atoms in total. The summed E-state index contributed by atoms with van der Waals surface area (Å²) in [6.07, 6.45) is 5.75. The van der Waals surface area contributed by atoms with Crippen molar-refractivity contribution in [2.45, 2.75) is 18.9 Å². The quantitative estimate of drug-likeness (QED) is 0.922. The van der Waals surface area contributed by atoms with Crippen LogP contribution in [-0.4, -0.2) is 33.9 Å². The summed E-state index contributed by atoms with van der Waals surface area (Å²) in [6, 6.07) is 2.38. The van der Waals surface area contributed by atoms with Crippen molar-refractivity contribution in [3.8, 4) is 0 Å². The maximum atomic E-state index is 5.32. The van der Waals surface area contributed by atoms with Crippen LogP contribution in [0.25, 0.3) is 5.52 Å². The molecule has 90 valence electrons. The Hall–Kier alpha value is -1.14. The molecule has 1 N–H and O–H groups in total. The first-order valence-electron chi connectivity index (χ1n) is 5.67. The van der Waals surface area contributed by atoms with Gasteiger partial charge in [-0.15, -0.1) is 5.10 Å². The second-order valence-corrected chi connectivity index (χ2v) is 4.96. The molecule has 1 aliphatic rings. The molecule has 0 atom stereocenters. The third-order valence-corrected chi connectivity index (χ3v) is 3.59. The Labute approximate surface area is 107 Å². The van der Waals surface area contributed by atoms with E-state index in [0.717, 1.165) is 36.0 Å². The molecule has 0 unspecified atom stereocenters. The SMILES string of the molecule is Brc1ccn2nc(NC3CCOCC3)ncc12. The fraction of sp³-hybridized carbons (Fsp3) is 0.455. The van der Waals surface area contributed by atoms with Gasteiger partial charge in [0.1, 0.15) is 0 Å². The number of aromatic nitrogens is 3. The smallest absolute Gasteiger partial charge is 0.241 e. The minimum absolute atomic E-state index is 0.417. The molecule has 0 amide bonds. The van der Waals surface area contributed by atoms with Crippen molar-refractivity contribution in [3.63, 3.8) is 0 Å². The molecule has 0 spiro atoms. The van der Waals surface area contributed by atoms with Gasteiger partial charge in [0.2, 0.25) is 5.95 Å². The highest BCUT2D eigenvalue weighted by Gasteiger charge is 2.14. The average Bonchev–Trinajstić information content (AvgIpc) is 2.72. The molecule has 2 aromatic heterocycles. The summed E-state index contributed by atoms with van der Waals surface area (Å²) in [5.74, 6) is 0.674. The van der Waals surface area contributed by atoms with Crippen LogP contribution in [-0.2, 0) is 4.74 Å². The molecular formula is C11H13BrN4O. The molecular weight excluding hydrogens is 284 g/mol. The lowest BCUT2D eigenvalue weighted by Crippen LogP contribution is -2.28. The molecule has 0 aromatic carbocycles. The molecule has 1 saturated heterocycles. The van der Waals surface area contributed by atoms with Gasteiger partial charge < -0.3 is 10.1 Å². The number of rotatable bonds is 2. The Morgan fingerprint density at radius 3 is 3.06 bits per heavy atom. The van der Waals surface area contributed by atoms with Gasteiger partial charge in [0.05, 0.1) is 11.7 Å². The van der Waals surface area contributed by atoms with Gasteiger partial charge in [-0.2, -0.15) is 0 Å². The number of ether oxygens (including phenoxy) is 1. The fourth-order valence-corrected chi connectivity index (χ4v) is 2.36. The second kappa shape index (κ2) is 4.62. The summed E-state index contributed by atoms with van der Waals surface area (Å²) in [6.45, 7) is 1.63. The molecule has 0 bridgehead atoms. The van der Waals surface area contributed by atoms with Gasteiger partial charge >= 0.3 is 0 Å². The Morgan fingerprint density at radius 2 is 2.24 bits per heavy atom. The third-order valence-electron chi connectivity index (χ3n) is 2.92. The van der Waals surface area contributed by atoms with Crippen LogP contribution in [0.4, 0.5) is 5.95 Å². The van der Waals surface area contributed by atoms with Crippen LogP contribution >= 0.6 is 15.9 Å². The maximum absolute atomic E-state index is 5.32. The first-order valence-corrected chi connectivity index (χ1v) is 6.46. The number of fused-ring (bicyclic) bond motifs is 1. The molecule has 0 saturated carbocycles. The van der Waals surface area contributed by atoms with Crippen LogP contribution in [0.3, 0.4) is 0 Å². The monoisotopic (exact) mass is 296 g/mol. The van der Waals surface area contributed by atoms with Gasteiger partial charge in [0, 0.05) is 29.9 Å². The Bertz CT molecular complexity index is 521. The van der Waals surface area contributed by atoms with Crippen molar-refractivity contribution in [2.24, 2.45) is 0 Å².